The van der Waals surface area contributed by atoms with E-state index < -0.39 is 11.9 Å². The second-order valence-electron chi connectivity index (χ2n) is 4.12. The number of carboxylic acid groups (broad SMARTS) is 1. The number of carboxylic acids is 1. The average Bonchev–Trinajstić information content (AvgIpc) is 2.25. The van der Waals surface area contributed by atoms with E-state index in [1.165, 1.54) is 6.92 Å². The van der Waals surface area contributed by atoms with Crippen LogP contribution in [0.25, 0.3) is 0 Å². The highest BCUT2D eigenvalue weighted by molar-refractivity contribution is 5.76. The van der Waals surface area contributed by atoms with Gasteiger partial charge in [-0.2, -0.15) is 0 Å². The molecule has 0 bridgehead atoms. The van der Waals surface area contributed by atoms with Gasteiger partial charge in [-0.1, -0.05) is 30.3 Å². The number of carbonyl (C=O) groups excluding carboxylic acids is 1. The molecule has 4 heteroatoms. The van der Waals surface area contributed by atoms with Crippen molar-refractivity contribution in [3.63, 3.8) is 0 Å². The van der Waals surface area contributed by atoms with E-state index in [9.17, 15) is 9.59 Å². The number of carbonyl (C=O) groups is 2. The van der Waals surface area contributed by atoms with E-state index in [0.29, 0.717) is 6.42 Å². The van der Waals surface area contributed by atoms with Gasteiger partial charge < -0.3 is 10.4 Å². The van der Waals surface area contributed by atoms with Crippen LogP contribution in [-0.4, -0.2) is 23.0 Å². The van der Waals surface area contributed by atoms with Crippen molar-refractivity contribution in [3.8, 4) is 0 Å². The van der Waals surface area contributed by atoms with Crippen molar-refractivity contribution < 1.29 is 14.7 Å². The van der Waals surface area contributed by atoms with E-state index in [0.717, 1.165) is 5.56 Å². The lowest BCUT2D eigenvalue weighted by atomic mass is 9.93. The van der Waals surface area contributed by atoms with Crippen LogP contribution in [0.15, 0.2) is 30.3 Å². The second kappa shape index (κ2) is 6.03. The van der Waals surface area contributed by atoms with E-state index in [-0.39, 0.29) is 11.9 Å². The molecule has 0 aromatic heterocycles. The van der Waals surface area contributed by atoms with Gasteiger partial charge in [0, 0.05) is 13.0 Å². The Morgan fingerprint density at radius 1 is 1.29 bits per heavy atom. The molecule has 1 aromatic rings. The van der Waals surface area contributed by atoms with Crippen LogP contribution in [0, 0.1) is 5.92 Å². The molecule has 4 nitrogen and oxygen atoms in total. The first kappa shape index (κ1) is 13.2. The Kier molecular flexibility index (Phi) is 4.69. The Balaban J connectivity index is 2.73. The molecule has 1 aromatic carbocycles. The van der Waals surface area contributed by atoms with Crippen LogP contribution < -0.4 is 5.32 Å². The largest absolute Gasteiger partial charge is 0.481 e. The molecule has 2 unspecified atom stereocenters. The van der Waals surface area contributed by atoms with Crippen molar-refractivity contribution in [2.45, 2.75) is 26.3 Å². The van der Waals surface area contributed by atoms with Crippen molar-refractivity contribution in [2.75, 3.05) is 0 Å². The third-order valence-corrected chi connectivity index (χ3v) is 2.65. The quantitative estimate of drug-likeness (QED) is 0.811. The first-order chi connectivity index (χ1) is 8.00. The lowest BCUT2D eigenvalue weighted by Crippen LogP contribution is -2.41. The molecule has 0 radical (unpaired) electrons. The van der Waals surface area contributed by atoms with Gasteiger partial charge >= 0.3 is 5.97 Å². The number of benzene rings is 1. The molecular weight excluding hydrogens is 218 g/mol. The highest BCUT2D eigenvalue weighted by atomic mass is 16.4. The maximum absolute atomic E-state index is 11.2. The number of amides is 1. The molecule has 0 aliphatic rings. The highest BCUT2D eigenvalue weighted by Crippen LogP contribution is 2.13. The van der Waals surface area contributed by atoms with Crippen molar-refractivity contribution in [1.29, 1.82) is 0 Å². The third kappa shape index (κ3) is 4.26. The summed E-state index contributed by atoms with van der Waals surface area (Å²) in [6.07, 6.45) is 0.414. The van der Waals surface area contributed by atoms with Crippen LogP contribution in [0.2, 0.25) is 0 Å². The van der Waals surface area contributed by atoms with Gasteiger partial charge in [-0.25, -0.2) is 0 Å². The Labute approximate surface area is 101 Å². The standard InChI is InChI=1S/C13H17NO3/c1-9(14-10(2)15)12(13(16)17)8-11-6-4-3-5-7-11/h3-7,9,12H,8H2,1-2H3,(H,14,15)(H,16,17). The zero-order chi connectivity index (χ0) is 12.8. The summed E-state index contributed by atoms with van der Waals surface area (Å²) in [6.45, 7) is 3.10. The molecule has 17 heavy (non-hydrogen) atoms. The molecule has 92 valence electrons. The molecule has 0 aliphatic carbocycles. The number of rotatable bonds is 5. The topological polar surface area (TPSA) is 66.4 Å². The van der Waals surface area contributed by atoms with E-state index in [1.54, 1.807) is 6.92 Å². The highest BCUT2D eigenvalue weighted by Gasteiger charge is 2.25. The molecule has 0 saturated carbocycles. The summed E-state index contributed by atoms with van der Waals surface area (Å²) in [4.78, 5) is 22.1. The summed E-state index contributed by atoms with van der Waals surface area (Å²) in [5.74, 6) is -1.71. The molecule has 0 spiro atoms. The average molecular weight is 235 g/mol. The molecule has 1 amide bonds. The molecule has 0 heterocycles. The van der Waals surface area contributed by atoms with Crippen LogP contribution in [0.1, 0.15) is 19.4 Å². The summed E-state index contributed by atoms with van der Waals surface area (Å²) in [6, 6.07) is 9.02. The van der Waals surface area contributed by atoms with Gasteiger partial charge in [0.05, 0.1) is 5.92 Å². The summed E-state index contributed by atoms with van der Waals surface area (Å²) in [5, 5.41) is 11.8. The zero-order valence-electron chi connectivity index (χ0n) is 10.0. The zero-order valence-corrected chi connectivity index (χ0v) is 10.0. The van der Waals surface area contributed by atoms with Crippen LogP contribution in [-0.2, 0) is 16.0 Å². The van der Waals surface area contributed by atoms with Gasteiger partial charge in [0.1, 0.15) is 0 Å². The number of hydrogen-bond acceptors (Lipinski definition) is 2. The minimum Gasteiger partial charge on any atom is -0.481 e. The maximum Gasteiger partial charge on any atom is 0.308 e. The maximum atomic E-state index is 11.2. The van der Waals surface area contributed by atoms with Crippen molar-refractivity contribution in [3.05, 3.63) is 35.9 Å². The van der Waals surface area contributed by atoms with Gasteiger partial charge in [0.2, 0.25) is 5.91 Å². The predicted octanol–water partition coefficient (Wildman–Crippen LogP) is 1.45. The van der Waals surface area contributed by atoms with E-state index in [2.05, 4.69) is 5.32 Å². The number of hydrogen-bond donors (Lipinski definition) is 2. The fourth-order valence-electron chi connectivity index (χ4n) is 1.77. The minimum absolute atomic E-state index is 0.211. The fraction of sp³-hybridized carbons (Fsp3) is 0.385. The van der Waals surface area contributed by atoms with Gasteiger partial charge in [-0.15, -0.1) is 0 Å². The summed E-state index contributed by atoms with van der Waals surface area (Å²) >= 11 is 0. The molecule has 0 aliphatic heterocycles. The third-order valence-electron chi connectivity index (χ3n) is 2.65. The molecule has 2 atom stereocenters. The normalized spacial score (nSPS) is 13.8. The van der Waals surface area contributed by atoms with Crippen molar-refractivity contribution in [2.24, 2.45) is 5.92 Å². The van der Waals surface area contributed by atoms with Gasteiger partial charge in [0.15, 0.2) is 0 Å². The number of nitrogens with one attached hydrogen (secondary N) is 1. The van der Waals surface area contributed by atoms with Crippen molar-refractivity contribution >= 4 is 11.9 Å². The summed E-state index contributed by atoms with van der Waals surface area (Å²) < 4.78 is 0. The smallest absolute Gasteiger partial charge is 0.308 e. The first-order valence-corrected chi connectivity index (χ1v) is 5.54. The predicted molar refractivity (Wildman–Crippen MR) is 64.6 cm³/mol. The number of aliphatic carboxylic acids is 1. The van der Waals surface area contributed by atoms with E-state index in [1.807, 2.05) is 30.3 Å². The van der Waals surface area contributed by atoms with Gasteiger partial charge in [-0.05, 0) is 18.9 Å². The summed E-state index contributed by atoms with van der Waals surface area (Å²) in [7, 11) is 0. The van der Waals surface area contributed by atoms with Gasteiger partial charge in [0.25, 0.3) is 0 Å². The fourth-order valence-corrected chi connectivity index (χ4v) is 1.77. The van der Waals surface area contributed by atoms with Gasteiger partial charge in [-0.3, -0.25) is 9.59 Å². The van der Waals surface area contributed by atoms with E-state index in [4.69, 9.17) is 5.11 Å². The van der Waals surface area contributed by atoms with Crippen LogP contribution in [0.3, 0.4) is 0 Å². The van der Waals surface area contributed by atoms with Crippen molar-refractivity contribution in [1.82, 2.24) is 5.32 Å². The summed E-state index contributed by atoms with van der Waals surface area (Å²) in [5.41, 5.74) is 0.956. The lowest BCUT2D eigenvalue weighted by molar-refractivity contribution is -0.142. The Hall–Kier alpha value is -1.84. The second-order valence-corrected chi connectivity index (χ2v) is 4.12. The van der Waals surface area contributed by atoms with Crippen LogP contribution in [0.4, 0.5) is 0 Å². The molecule has 0 saturated heterocycles. The monoisotopic (exact) mass is 235 g/mol. The molecular formula is C13H17NO3. The van der Waals surface area contributed by atoms with E-state index >= 15 is 0 Å². The molecule has 1 rings (SSSR count). The van der Waals surface area contributed by atoms with Crippen LogP contribution >= 0.6 is 0 Å². The Bertz CT molecular complexity index is 389. The Morgan fingerprint density at radius 3 is 2.35 bits per heavy atom. The SMILES string of the molecule is CC(=O)NC(C)C(Cc1ccccc1)C(=O)O. The lowest BCUT2D eigenvalue weighted by Gasteiger charge is -2.20. The first-order valence-electron chi connectivity index (χ1n) is 5.54. The minimum atomic E-state index is -0.893. The molecule has 0 fully saturated rings. The van der Waals surface area contributed by atoms with Crippen LogP contribution in [0.5, 0.6) is 0 Å². The Morgan fingerprint density at radius 2 is 1.88 bits per heavy atom. The molecule has 2 N–H and O–H groups in total.